The molecule has 4 nitrogen and oxygen atoms in total. The zero-order valence-corrected chi connectivity index (χ0v) is 13.8. The molecule has 20 heavy (non-hydrogen) atoms. The molecule has 2 aromatic carbocycles. The molecule has 0 spiro atoms. The molecular formula is C14H12Br2N2O2. The van der Waals surface area contributed by atoms with E-state index in [-0.39, 0.29) is 5.84 Å². The smallest absolute Gasteiger partial charge is 0.171 e. The van der Waals surface area contributed by atoms with E-state index in [1.165, 1.54) is 0 Å². The average Bonchev–Trinajstić information content (AvgIpc) is 2.41. The number of hydrogen-bond acceptors (Lipinski definition) is 3. The molecule has 0 bridgehead atoms. The van der Waals surface area contributed by atoms with Crippen LogP contribution in [0.4, 0.5) is 0 Å². The van der Waals surface area contributed by atoms with Gasteiger partial charge in [0.2, 0.25) is 0 Å². The Balaban J connectivity index is 2.29. The van der Waals surface area contributed by atoms with E-state index < -0.39 is 0 Å². The molecular weight excluding hydrogens is 388 g/mol. The van der Waals surface area contributed by atoms with E-state index in [0.29, 0.717) is 15.8 Å². The highest BCUT2D eigenvalue weighted by atomic mass is 79.9. The second kappa shape index (κ2) is 6.28. The summed E-state index contributed by atoms with van der Waals surface area (Å²) in [4.78, 5) is 0. The number of oxime groups is 1. The van der Waals surface area contributed by atoms with Crippen molar-refractivity contribution in [2.45, 2.75) is 6.92 Å². The lowest BCUT2D eigenvalue weighted by atomic mass is 10.2. The van der Waals surface area contributed by atoms with Gasteiger partial charge in [0.25, 0.3) is 0 Å². The molecule has 0 aliphatic carbocycles. The van der Waals surface area contributed by atoms with E-state index in [1.807, 2.05) is 25.1 Å². The predicted molar refractivity (Wildman–Crippen MR) is 85.6 cm³/mol. The third kappa shape index (κ3) is 3.32. The van der Waals surface area contributed by atoms with Crippen molar-refractivity contribution in [1.29, 1.82) is 0 Å². The van der Waals surface area contributed by atoms with Gasteiger partial charge >= 0.3 is 0 Å². The molecule has 2 aromatic rings. The van der Waals surface area contributed by atoms with Crippen LogP contribution in [0.5, 0.6) is 11.5 Å². The minimum Gasteiger partial charge on any atom is -0.457 e. The predicted octanol–water partition coefficient (Wildman–Crippen LogP) is 4.41. The first-order valence-corrected chi connectivity index (χ1v) is 7.31. The number of nitrogens with zero attached hydrogens (tertiary/aromatic N) is 1. The summed E-state index contributed by atoms with van der Waals surface area (Å²) < 4.78 is 7.52. The van der Waals surface area contributed by atoms with Gasteiger partial charge in [0.05, 0.1) is 0 Å². The monoisotopic (exact) mass is 398 g/mol. The molecule has 0 heterocycles. The summed E-state index contributed by atoms with van der Waals surface area (Å²) in [6.45, 7) is 1.97. The summed E-state index contributed by atoms with van der Waals surface area (Å²) in [6.07, 6.45) is 0. The Morgan fingerprint density at radius 1 is 1.20 bits per heavy atom. The number of hydrogen-bond donors (Lipinski definition) is 2. The van der Waals surface area contributed by atoms with Crippen LogP contribution >= 0.6 is 31.9 Å². The van der Waals surface area contributed by atoms with Crippen molar-refractivity contribution in [2.24, 2.45) is 10.9 Å². The Labute approximate surface area is 133 Å². The number of rotatable bonds is 3. The van der Waals surface area contributed by atoms with Crippen LogP contribution in [0.25, 0.3) is 0 Å². The van der Waals surface area contributed by atoms with Crippen LogP contribution in [-0.2, 0) is 0 Å². The summed E-state index contributed by atoms with van der Waals surface area (Å²) in [5, 5.41) is 11.7. The second-order valence-electron chi connectivity index (χ2n) is 4.14. The van der Waals surface area contributed by atoms with Crippen LogP contribution in [0.3, 0.4) is 0 Å². The third-order valence-electron chi connectivity index (χ3n) is 2.69. The summed E-state index contributed by atoms with van der Waals surface area (Å²) >= 11 is 6.79. The number of ether oxygens (including phenoxy) is 1. The van der Waals surface area contributed by atoms with Crippen LogP contribution in [0.1, 0.15) is 11.1 Å². The van der Waals surface area contributed by atoms with Crippen LogP contribution in [0.2, 0.25) is 0 Å². The molecule has 0 aliphatic rings. The Morgan fingerprint density at radius 2 is 1.95 bits per heavy atom. The van der Waals surface area contributed by atoms with E-state index in [0.717, 1.165) is 15.8 Å². The average molecular weight is 400 g/mol. The van der Waals surface area contributed by atoms with Crippen LogP contribution in [0.15, 0.2) is 50.5 Å². The van der Waals surface area contributed by atoms with Crippen LogP contribution in [0, 0.1) is 6.92 Å². The molecule has 6 heteroatoms. The molecule has 0 atom stereocenters. The third-order valence-corrected chi connectivity index (χ3v) is 3.84. The zero-order chi connectivity index (χ0) is 14.7. The highest BCUT2D eigenvalue weighted by molar-refractivity contribution is 9.10. The number of amidine groups is 1. The van der Waals surface area contributed by atoms with E-state index in [9.17, 15) is 0 Å². The molecule has 2 rings (SSSR count). The lowest BCUT2D eigenvalue weighted by Crippen LogP contribution is -2.13. The van der Waals surface area contributed by atoms with Gasteiger partial charge in [0.1, 0.15) is 11.5 Å². The van der Waals surface area contributed by atoms with Gasteiger partial charge in [0, 0.05) is 14.5 Å². The molecule has 3 N–H and O–H groups in total. The minimum absolute atomic E-state index is 0.0447. The molecule has 0 saturated heterocycles. The quantitative estimate of drug-likeness (QED) is 0.347. The Kier molecular flexibility index (Phi) is 4.67. The fourth-order valence-electron chi connectivity index (χ4n) is 1.68. The first kappa shape index (κ1) is 14.9. The lowest BCUT2D eigenvalue weighted by Gasteiger charge is -2.10. The van der Waals surface area contributed by atoms with Gasteiger partial charge in [0.15, 0.2) is 5.84 Å². The zero-order valence-electron chi connectivity index (χ0n) is 10.6. The van der Waals surface area contributed by atoms with Crippen molar-refractivity contribution < 1.29 is 9.94 Å². The highest BCUT2D eigenvalue weighted by Crippen LogP contribution is 2.30. The lowest BCUT2D eigenvalue weighted by molar-refractivity contribution is 0.318. The van der Waals surface area contributed by atoms with E-state index in [2.05, 4.69) is 37.0 Å². The van der Waals surface area contributed by atoms with Gasteiger partial charge in [-0.1, -0.05) is 21.1 Å². The molecule has 104 valence electrons. The van der Waals surface area contributed by atoms with Crippen LogP contribution in [-0.4, -0.2) is 11.0 Å². The van der Waals surface area contributed by atoms with E-state index in [4.69, 9.17) is 15.7 Å². The molecule has 0 radical (unpaired) electrons. The van der Waals surface area contributed by atoms with E-state index >= 15 is 0 Å². The van der Waals surface area contributed by atoms with Gasteiger partial charge in [-0.15, -0.1) is 0 Å². The second-order valence-corrected chi connectivity index (χ2v) is 5.91. The summed E-state index contributed by atoms with van der Waals surface area (Å²) in [6, 6.07) is 11.1. The van der Waals surface area contributed by atoms with Gasteiger partial charge in [-0.25, -0.2) is 0 Å². The first-order valence-electron chi connectivity index (χ1n) is 5.72. The van der Waals surface area contributed by atoms with Crippen molar-refractivity contribution in [3.63, 3.8) is 0 Å². The fourth-order valence-corrected chi connectivity index (χ4v) is 2.71. The van der Waals surface area contributed by atoms with Crippen molar-refractivity contribution in [2.75, 3.05) is 0 Å². The summed E-state index contributed by atoms with van der Waals surface area (Å²) in [5.41, 5.74) is 7.19. The normalized spacial score (nSPS) is 11.4. The number of benzene rings is 2. The largest absolute Gasteiger partial charge is 0.457 e. The van der Waals surface area contributed by atoms with Gasteiger partial charge in [-0.2, -0.15) is 0 Å². The van der Waals surface area contributed by atoms with Gasteiger partial charge in [-0.3, -0.25) is 0 Å². The molecule has 0 amide bonds. The molecule has 0 aliphatic heterocycles. The maximum atomic E-state index is 8.69. The maximum Gasteiger partial charge on any atom is 0.171 e. The number of nitrogens with two attached hydrogens (primary N) is 1. The topological polar surface area (TPSA) is 67.8 Å². The first-order chi connectivity index (χ1) is 9.51. The maximum absolute atomic E-state index is 8.69. The number of aryl methyl sites for hydroxylation is 1. The molecule has 0 saturated carbocycles. The standard InChI is InChI=1S/C14H12Br2N2O2/c1-8-6-9(15)2-5-13(8)20-10-3-4-11(12(16)7-10)14(17)18-19/h2-7,19H,1H3,(H2,17,18). The SMILES string of the molecule is Cc1cc(Br)ccc1Oc1ccc(/C(N)=N/O)c(Br)c1. The van der Waals surface area contributed by atoms with E-state index in [1.54, 1.807) is 18.2 Å². The Bertz CT molecular complexity index is 672. The molecule has 0 fully saturated rings. The van der Waals surface area contributed by atoms with Crippen molar-refractivity contribution in [3.05, 3.63) is 56.5 Å². The summed E-state index contributed by atoms with van der Waals surface area (Å²) in [5.74, 6) is 1.48. The number of halogens is 2. The van der Waals surface area contributed by atoms with Gasteiger partial charge in [-0.05, 0) is 64.8 Å². The van der Waals surface area contributed by atoms with Crippen molar-refractivity contribution >= 4 is 37.7 Å². The van der Waals surface area contributed by atoms with Crippen LogP contribution < -0.4 is 10.5 Å². The van der Waals surface area contributed by atoms with Crippen molar-refractivity contribution in [1.82, 2.24) is 0 Å². The Hall–Kier alpha value is -1.53. The minimum atomic E-state index is 0.0447. The van der Waals surface area contributed by atoms with Crippen molar-refractivity contribution in [3.8, 4) is 11.5 Å². The molecule has 0 unspecified atom stereocenters. The molecule has 0 aromatic heterocycles. The summed E-state index contributed by atoms with van der Waals surface area (Å²) in [7, 11) is 0. The fraction of sp³-hybridized carbons (Fsp3) is 0.0714. The Morgan fingerprint density at radius 3 is 2.55 bits per heavy atom. The van der Waals surface area contributed by atoms with Gasteiger partial charge < -0.3 is 15.7 Å². The highest BCUT2D eigenvalue weighted by Gasteiger charge is 2.08.